The average Bonchev–Trinajstić information content (AvgIpc) is 2.62. The van der Waals surface area contributed by atoms with Crippen molar-refractivity contribution >= 4 is 23.4 Å². The Morgan fingerprint density at radius 2 is 1.56 bits per heavy atom. The van der Waals surface area contributed by atoms with Crippen LogP contribution in [0.2, 0.25) is 0 Å². The summed E-state index contributed by atoms with van der Waals surface area (Å²) in [7, 11) is 0. The van der Waals surface area contributed by atoms with Gasteiger partial charge in [-0.05, 0) is 49.1 Å². The van der Waals surface area contributed by atoms with Crippen LogP contribution in [-0.4, -0.2) is 18.6 Å². The zero-order valence-corrected chi connectivity index (χ0v) is 14.9. The van der Waals surface area contributed by atoms with Crippen LogP contribution in [0.5, 0.6) is 0 Å². The van der Waals surface area contributed by atoms with Gasteiger partial charge in [-0.2, -0.15) is 0 Å². The quantitative estimate of drug-likeness (QED) is 0.805. The Labute approximate surface area is 148 Å². The lowest BCUT2D eigenvalue weighted by Crippen LogP contribution is -2.16. The molecule has 2 rings (SSSR count). The fourth-order valence-corrected chi connectivity index (χ4v) is 2.61. The van der Waals surface area contributed by atoms with E-state index in [4.69, 9.17) is 4.74 Å². The zero-order chi connectivity index (χ0) is 18.2. The first-order valence-electron chi connectivity index (χ1n) is 8.54. The molecule has 0 aliphatic carbocycles. The van der Waals surface area contributed by atoms with Crippen molar-refractivity contribution in [2.24, 2.45) is 0 Å². The van der Waals surface area contributed by atoms with Gasteiger partial charge in [0, 0.05) is 16.9 Å². The number of aryl methyl sites for hydroxylation is 2. The lowest BCUT2D eigenvalue weighted by atomic mass is 10.0. The van der Waals surface area contributed by atoms with Crippen molar-refractivity contribution in [2.75, 3.05) is 17.2 Å². The molecule has 2 aromatic rings. The first kappa shape index (κ1) is 18.5. The van der Waals surface area contributed by atoms with Crippen molar-refractivity contribution in [1.82, 2.24) is 0 Å². The van der Waals surface area contributed by atoms with E-state index in [9.17, 15) is 9.59 Å². The summed E-state index contributed by atoms with van der Waals surface area (Å²) in [6.07, 6.45) is 1.14. The third kappa shape index (κ3) is 4.83. The molecule has 25 heavy (non-hydrogen) atoms. The first-order valence-corrected chi connectivity index (χ1v) is 8.54. The summed E-state index contributed by atoms with van der Waals surface area (Å²) >= 11 is 0. The zero-order valence-electron chi connectivity index (χ0n) is 14.9. The summed E-state index contributed by atoms with van der Waals surface area (Å²) < 4.78 is 4.85. The number of benzene rings is 2. The smallest absolute Gasteiger partial charge is 0.411 e. The number of rotatable bonds is 6. The summed E-state index contributed by atoms with van der Waals surface area (Å²) in [4.78, 5) is 24.2. The number of para-hydroxylation sites is 1. The largest absolute Gasteiger partial charge is 0.450 e. The standard InChI is InChI=1S/C20H24N2O3/c1-4-14-9-7-10-15(5-2)18(14)22-19(23)16-11-8-12-17(13-16)21-20(24)25-6-3/h7-13H,4-6H2,1-3H3,(H,21,24)(H,22,23). The van der Waals surface area contributed by atoms with E-state index in [1.807, 2.05) is 18.2 Å². The van der Waals surface area contributed by atoms with Crippen LogP contribution < -0.4 is 10.6 Å². The van der Waals surface area contributed by atoms with Gasteiger partial charge in [-0.15, -0.1) is 0 Å². The Morgan fingerprint density at radius 3 is 2.16 bits per heavy atom. The van der Waals surface area contributed by atoms with Gasteiger partial charge in [-0.25, -0.2) is 4.79 Å². The molecule has 2 amide bonds. The maximum atomic E-state index is 12.7. The molecule has 0 aliphatic rings. The van der Waals surface area contributed by atoms with Gasteiger partial charge in [0.15, 0.2) is 0 Å². The molecule has 2 N–H and O–H groups in total. The lowest BCUT2D eigenvalue weighted by molar-refractivity contribution is 0.102. The summed E-state index contributed by atoms with van der Waals surface area (Å²) in [5.74, 6) is -0.205. The van der Waals surface area contributed by atoms with Crippen molar-refractivity contribution in [3.05, 3.63) is 59.2 Å². The van der Waals surface area contributed by atoms with Gasteiger partial charge in [-0.3, -0.25) is 10.1 Å². The van der Waals surface area contributed by atoms with Crippen molar-refractivity contribution in [2.45, 2.75) is 33.6 Å². The molecule has 0 saturated heterocycles. The van der Waals surface area contributed by atoms with Crippen LogP contribution in [0.15, 0.2) is 42.5 Å². The Balaban J connectivity index is 2.21. The highest BCUT2D eigenvalue weighted by Crippen LogP contribution is 2.23. The van der Waals surface area contributed by atoms with E-state index in [-0.39, 0.29) is 5.91 Å². The third-order valence-corrected chi connectivity index (χ3v) is 3.88. The van der Waals surface area contributed by atoms with E-state index in [0.29, 0.717) is 17.9 Å². The molecular formula is C20H24N2O3. The number of hydrogen-bond acceptors (Lipinski definition) is 3. The molecule has 0 aromatic heterocycles. The number of carbonyl (C=O) groups is 2. The van der Waals surface area contributed by atoms with E-state index in [2.05, 4.69) is 24.5 Å². The molecule has 5 heteroatoms. The van der Waals surface area contributed by atoms with Crippen LogP contribution in [-0.2, 0) is 17.6 Å². The number of nitrogens with one attached hydrogen (secondary N) is 2. The fourth-order valence-electron chi connectivity index (χ4n) is 2.61. The van der Waals surface area contributed by atoms with Crippen LogP contribution in [0.25, 0.3) is 0 Å². The molecule has 0 spiro atoms. The highest BCUT2D eigenvalue weighted by molar-refractivity contribution is 6.06. The number of ether oxygens (including phenoxy) is 1. The van der Waals surface area contributed by atoms with Gasteiger partial charge >= 0.3 is 6.09 Å². The van der Waals surface area contributed by atoms with Crippen LogP contribution in [0.1, 0.15) is 42.3 Å². The predicted octanol–water partition coefficient (Wildman–Crippen LogP) is 4.63. The average molecular weight is 340 g/mol. The monoisotopic (exact) mass is 340 g/mol. The van der Waals surface area contributed by atoms with Crippen molar-refractivity contribution in [1.29, 1.82) is 0 Å². The minimum atomic E-state index is -0.537. The van der Waals surface area contributed by atoms with Gasteiger partial charge < -0.3 is 10.1 Å². The van der Waals surface area contributed by atoms with E-state index in [1.54, 1.807) is 31.2 Å². The Morgan fingerprint density at radius 1 is 0.920 bits per heavy atom. The Bertz CT molecular complexity index is 734. The van der Waals surface area contributed by atoms with Crippen LogP contribution in [0, 0.1) is 0 Å². The topological polar surface area (TPSA) is 67.4 Å². The van der Waals surface area contributed by atoms with E-state index < -0.39 is 6.09 Å². The van der Waals surface area contributed by atoms with Gasteiger partial charge in [0.1, 0.15) is 0 Å². The molecule has 0 heterocycles. The second-order valence-electron chi connectivity index (χ2n) is 5.54. The molecule has 2 aromatic carbocycles. The maximum Gasteiger partial charge on any atom is 0.411 e. The van der Waals surface area contributed by atoms with Crippen molar-refractivity contribution in [3.63, 3.8) is 0 Å². The summed E-state index contributed by atoms with van der Waals surface area (Å²) in [6.45, 7) is 6.15. The highest BCUT2D eigenvalue weighted by atomic mass is 16.5. The SMILES string of the molecule is CCOC(=O)Nc1cccc(C(=O)Nc2c(CC)cccc2CC)c1. The Hall–Kier alpha value is -2.82. The molecule has 0 saturated carbocycles. The van der Waals surface area contributed by atoms with E-state index >= 15 is 0 Å². The normalized spacial score (nSPS) is 10.2. The predicted molar refractivity (Wildman–Crippen MR) is 100 cm³/mol. The Kier molecular flexibility index (Phi) is 6.57. The number of hydrogen-bond donors (Lipinski definition) is 2. The molecule has 0 aliphatic heterocycles. The number of anilines is 2. The molecule has 5 nitrogen and oxygen atoms in total. The second-order valence-corrected chi connectivity index (χ2v) is 5.54. The fraction of sp³-hybridized carbons (Fsp3) is 0.300. The van der Waals surface area contributed by atoms with Gasteiger partial charge in [0.05, 0.1) is 6.61 Å². The first-order chi connectivity index (χ1) is 12.1. The maximum absolute atomic E-state index is 12.7. The summed E-state index contributed by atoms with van der Waals surface area (Å²) in [6, 6.07) is 12.8. The molecular weight excluding hydrogens is 316 g/mol. The minimum Gasteiger partial charge on any atom is -0.450 e. The van der Waals surface area contributed by atoms with Crippen LogP contribution >= 0.6 is 0 Å². The van der Waals surface area contributed by atoms with Crippen LogP contribution in [0.3, 0.4) is 0 Å². The van der Waals surface area contributed by atoms with Gasteiger partial charge in [-0.1, -0.05) is 38.1 Å². The molecule has 0 radical (unpaired) electrons. The van der Waals surface area contributed by atoms with Gasteiger partial charge in [0.25, 0.3) is 5.91 Å². The minimum absolute atomic E-state index is 0.205. The molecule has 0 atom stereocenters. The second kappa shape index (κ2) is 8.87. The molecule has 132 valence electrons. The number of amides is 2. The van der Waals surface area contributed by atoms with E-state index in [0.717, 1.165) is 29.7 Å². The highest BCUT2D eigenvalue weighted by Gasteiger charge is 2.13. The molecule has 0 fully saturated rings. The number of carbonyl (C=O) groups excluding carboxylic acids is 2. The van der Waals surface area contributed by atoms with Crippen molar-refractivity contribution in [3.8, 4) is 0 Å². The van der Waals surface area contributed by atoms with Crippen molar-refractivity contribution < 1.29 is 14.3 Å². The molecule has 0 bridgehead atoms. The molecule has 0 unspecified atom stereocenters. The lowest BCUT2D eigenvalue weighted by Gasteiger charge is -2.15. The summed E-state index contributed by atoms with van der Waals surface area (Å²) in [5, 5.41) is 5.63. The van der Waals surface area contributed by atoms with Gasteiger partial charge in [0.2, 0.25) is 0 Å². The summed E-state index contributed by atoms with van der Waals surface area (Å²) in [5.41, 5.74) is 4.08. The van der Waals surface area contributed by atoms with E-state index in [1.165, 1.54) is 0 Å². The third-order valence-electron chi connectivity index (χ3n) is 3.88. The van der Waals surface area contributed by atoms with Crippen LogP contribution in [0.4, 0.5) is 16.2 Å².